The van der Waals surface area contributed by atoms with Gasteiger partial charge in [0.25, 0.3) is 0 Å². The van der Waals surface area contributed by atoms with Crippen LogP contribution < -0.4 is 4.74 Å². The molecule has 0 saturated carbocycles. The quantitative estimate of drug-likeness (QED) is 0.737. The number of benzene rings is 2. The van der Waals surface area contributed by atoms with Crippen LogP contribution in [0.4, 0.5) is 5.69 Å². The Labute approximate surface area is 114 Å². The molecule has 0 fully saturated rings. The van der Waals surface area contributed by atoms with Crippen LogP contribution in [0, 0.1) is 13.8 Å². The van der Waals surface area contributed by atoms with E-state index >= 15 is 0 Å². The Balaban J connectivity index is 2.11. The Hall–Kier alpha value is -2.09. The lowest BCUT2D eigenvalue weighted by molar-refractivity contribution is 0.340. The molecule has 0 heterocycles. The van der Waals surface area contributed by atoms with Gasteiger partial charge in [0.05, 0.1) is 12.3 Å². The molecule has 2 aromatic rings. The van der Waals surface area contributed by atoms with E-state index in [0.717, 1.165) is 17.0 Å². The van der Waals surface area contributed by atoms with Crippen molar-refractivity contribution in [2.45, 2.75) is 20.8 Å². The van der Waals surface area contributed by atoms with Crippen molar-refractivity contribution in [2.75, 3.05) is 6.61 Å². The van der Waals surface area contributed by atoms with E-state index < -0.39 is 0 Å². The van der Waals surface area contributed by atoms with Crippen molar-refractivity contribution in [3.8, 4) is 5.75 Å². The summed E-state index contributed by atoms with van der Waals surface area (Å²) < 4.78 is 5.41. The summed E-state index contributed by atoms with van der Waals surface area (Å²) in [6.45, 7) is 6.88. The molecule has 0 N–H and O–H groups in total. The van der Waals surface area contributed by atoms with Crippen LogP contribution in [-0.2, 0) is 0 Å². The third kappa shape index (κ3) is 3.68. The molecule has 0 saturated heterocycles. The lowest BCUT2D eigenvalue weighted by Gasteiger charge is -2.02. The highest BCUT2D eigenvalue weighted by Gasteiger charge is 1.95. The van der Waals surface area contributed by atoms with Gasteiger partial charge in [-0.2, -0.15) is 0 Å². The zero-order valence-corrected chi connectivity index (χ0v) is 11.7. The first-order chi connectivity index (χ1) is 9.19. The maximum atomic E-state index is 5.41. The topological polar surface area (TPSA) is 21.6 Å². The van der Waals surface area contributed by atoms with Crippen molar-refractivity contribution in [3.05, 3.63) is 59.2 Å². The van der Waals surface area contributed by atoms with E-state index in [1.807, 2.05) is 43.5 Å². The molecule has 0 atom stereocenters. The predicted molar refractivity (Wildman–Crippen MR) is 80.8 cm³/mol. The van der Waals surface area contributed by atoms with Crippen LogP contribution in [0.2, 0.25) is 0 Å². The molecule has 0 aromatic heterocycles. The van der Waals surface area contributed by atoms with E-state index in [1.165, 1.54) is 11.1 Å². The summed E-state index contributed by atoms with van der Waals surface area (Å²) in [5.74, 6) is 0.894. The summed E-state index contributed by atoms with van der Waals surface area (Å²) in [7, 11) is 0. The van der Waals surface area contributed by atoms with Crippen molar-refractivity contribution in [2.24, 2.45) is 4.99 Å². The molecule has 98 valence electrons. The van der Waals surface area contributed by atoms with Crippen molar-refractivity contribution in [1.29, 1.82) is 0 Å². The molecule has 2 heteroatoms. The molecule has 0 aliphatic heterocycles. The molecule has 0 bridgehead atoms. The molecule has 0 amide bonds. The fourth-order valence-electron chi connectivity index (χ4n) is 1.77. The molecular formula is C17H19NO. The highest BCUT2D eigenvalue weighted by atomic mass is 16.5. The van der Waals surface area contributed by atoms with E-state index in [0.29, 0.717) is 6.61 Å². The molecule has 0 aliphatic carbocycles. The monoisotopic (exact) mass is 253 g/mol. The summed E-state index contributed by atoms with van der Waals surface area (Å²) >= 11 is 0. The molecule has 0 unspecified atom stereocenters. The van der Waals surface area contributed by atoms with Gasteiger partial charge in [-0.25, -0.2) is 0 Å². The van der Waals surface area contributed by atoms with Crippen LogP contribution in [0.15, 0.2) is 47.5 Å². The van der Waals surface area contributed by atoms with Gasteiger partial charge in [-0.1, -0.05) is 6.07 Å². The van der Waals surface area contributed by atoms with Gasteiger partial charge in [0.1, 0.15) is 5.75 Å². The average molecular weight is 253 g/mol. The summed E-state index contributed by atoms with van der Waals surface area (Å²) in [5.41, 5.74) is 4.61. The van der Waals surface area contributed by atoms with Crippen LogP contribution in [0.25, 0.3) is 0 Å². The molecular weight excluding hydrogens is 234 g/mol. The van der Waals surface area contributed by atoms with Crippen LogP contribution in [-0.4, -0.2) is 12.8 Å². The largest absolute Gasteiger partial charge is 0.494 e. The van der Waals surface area contributed by atoms with Crippen LogP contribution >= 0.6 is 0 Å². The highest BCUT2D eigenvalue weighted by molar-refractivity contribution is 5.82. The van der Waals surface area contributed by atoms with E-state index in [1.54, 1.807) is 0 Å². The first kappa shape index (κ1) is 13.3. The number of hydrogen-bond donors (Lipinski definition) is 0. The molecule has 19 heavy (non-hydrogen) atoms. The number of aliphatic imine (C=N–C) groups is 1. The number of nitrogens with zero attached hydrogens (tertiary/aromatic N) is 1. The maximum Gasteiger partial charge on any atom is 0.119 e. The minimum absolute atomic E-state index is 0.691. The van der Waals surface area contributed by atoms with Crippen LogP contribution in [0.3, 0.4) is 0 Å². The third-order valence-electron chi connectivity index (χ3n) is 3.04. The minimum Gasteiger partial charge on any atom is -0.494 e. The number of aryl methyl sites for hydroxylation is 2. The standard InChI is InChI=1S/C17H19NO/c1-4-19-17-9-6-15(7-10-17)12-18-16-8-5-13(2)14(3)11-16/h5-12H,4H2,1-3H3. The first-order valence-corrected chi connectivity index (χ1v) is 6.53. The first-order valence-electron chi connectivity index (χ1n) is 6.53. The van der Waals surface area contributed by atoms with Gasteiger partial charge < -0.3 is 4.74 Å². The molecule has 0 aliphatic rings. The molecule has 2 aromatic carbocycles. The Bertz CT molecular complexity index is 570. The molecule has 2 rings (SSSR count). The number of rotatable bonds is 4. The highest BCUT2D eigenvalue weighted by Crippen LogP contribution is 2.17. The summed E-state index contributed by atoms with van der Waals surface area (Å²) in [5, 5.41) is 0. The lowest BCUT2D eigenvalue weighted by atomic mass is 10.1. The van der Waals surface area contributed by atoms with Crippen molar-refractivity contribution >= 4 is 11.9 Å². The van der Waals surface area contributed by atoms with Gasteiger partial charge in [-0.15, -0.1) is 0 Å². The minimum atomic E-state index is 0.691. The van der Waals surface area contributed by atoms with E-state index in [9.17, 15) is 0 Å². The molecule has 0 spiro atoms. The second-order valence-corrected chi connectivity index (χ2v) is 4.53. The van der Waals surface area contributed by atoms with Crippen molar-refractivity contribution in [1.82, 2.24) is 0 Å². The SMILES string of the molecule is CCOc1ccc(C=Nc2ccc(C)c(C)c2)cc1. The lowest BCUT2D eigenvalue weighted by Crippen LogP contribution is -1.91. The van der Waals surface area contributed by atoms with Crippen molar-refractivity contribution in [3.63, 3.8) is 0 Å². The number of hydrogen-bond acceptors (Lipinski definition) is 2. The fourth-order valence-corrected chi connectivity index (χ4v) is 1.77. The van der Waals surface area contributed by atoms with E-state index in [2.05, 4.69) is 31.0 Å². The maximum absolute atomic E-state index is 5.41. The predicted octanol–water partition coefficient (Wildman–Crippen LogP) is 4.45. The van der Waals surface area contributed by atoms with Gasteiger partial charge in [-0.3, -0.25) is 4.99 Å². The number of ether oxygens (including phenoxy) is 1. The fraction of sp³-hybridized carbons (Fsp3) is 0.235. The zero-order chi connectivity index (χ0) is 13.7. The van der Waals surface area contributed by atoms with Gasteiger partial charge in [-0.05, 0) is 73.9 Å². The van der Waals surface area contributed by atoms with E-state index in [-0.39, 0.29) is 0 Å². The summed E-state index contributed by atoms with van der Waals surface area (Å²) in [6.07, 6.45) is 1.87. The third-order valence-corrected chi connectivity index (χ3v) is 3.04. The van der Waals surface area contributed by atoms with Crippen LogP contribution in [0.1, 0.15) is 23.6 Å². The Kier molecular flexibility index (Phi) is 4.35. The van der Waals surface area contributed by atoms with Gasteiger partial charge in [0.2, 0.25) is 0 Å². The molecule has 0 radical (unpaired) electrons. The van der Waals surface area contributed by atoms with Gasteiger partial charge >= 0.3 is 0 Å². The zero-order valence-electron chi connectivity index (χ0n) is 11.7. The smallest absolute Gasteiger partial charge is 0.119 e. The van der Waals surface area contributed by atoms with E-state index in [4.69, 9.17) is 4.74 Å². The van der Waals surface area contributed by atoms with Crippen LogP contribution in [0.5, 0.6) is 5.75 Å². The summed E-state index contributed by atoms with van der Waals surface area (Å²) in [6, 6.07) is 14.2. The molecule has 2 nitrogen and oxygen atoms in total. The summed E-state index contributed by atoms with van der Waals surface area (Å²) in [4.78, 5) is 4.49. The Morgan fingerprint density at radius 2 is 1.74 bits per heavy atom. The Morgan fingerprint density at radius 1 is 1.00 bits per heavy atom. The Morgan fingerprint density at radius 3 is 2.37 bits per heavy atom. The van der Waals surface area contributed by atoms with Crippen molar-refractivity contribution < 1.29 is 4.74 Å². The van der Waals surface area contributed by atoms with Gasteiger partial charge in [0, 0.05) is 6.21 Å². The van der Waals surface area contributed by atoms with Gasteiger partial charge in [0.15, 0.2) is 0 Å². The normalized spacial score (nSPS) is 10.9. The second-order valence-electron chi connectivity index (χ2n) is 4.53. The second kappa shape index (κ2) is 6.19. The average Bonchev–Trinajstić information content (AvgIpc) is 2.42.